The third-order valence-electron chi connectivity index (χ3n) is 4.32. The van der Waals surface area contributed by atoms with E-state index in [1.807, 2.05) is 30.3 Å². The van der Waals surface area contributed by atoms with E-state index in [0.717, 1.165) is 43.6 Å². The van der Waals surface area contributed by atoms with Crippen LogP contribution < -0.4 is 4.65 Å². The normalized spacial score (nSPS) is 11.5. The number of furan rings is 1. The Morgan fingerprint density at radius 1 is 0.875 bits per heavy atom. The quantitative estimate of drug-likeness (QED) is 0.392. The van der Waals surface area contributed by atoms with Gasteiger partial charge in [-0.05, 0) is 41.8 Å². The van der Waals surface area contributed by atoms with E-state index in [-0.39, 0.29) is 0 Å². The molecule has 0 bridgehead atoms. The lowest BCUT2D eigenvalue weighted by Gasteiger charge is -2.05. The maximum Gasteiger partial charge on any atom is 0.570 e. The summed E-state index contributed by atoms with van der Waals surface area (Å²) in [4.78, 5) is 4.39. The summed E-state index contributed by atoms with van der Waals surface area (Å²) in [5.41, 5.74) is 2.58. The Balaban J connectivity index is 1.86. The summed E-state index contributed by atoms with van der Waals surface area (Å²) in [7, 11) is 0.632. The first kappa shape index (κ1) is 13.4. The number of hydrogen-bond donors (Lipinski definition) is 1. The molecule has 0 aliphatic heterocycles. The minimum absolute atomic E-state index is 0.356. The van der Waals surface area contributed by atoms with Crippen LogP contribution in [-0.4, -0.2) is 17.7 Å². The number of benzene rings is 3. The summed E-state index contributed by atoms with van der Waals surface area (Å²) in [6.07, 6.45) is 0. The lowest BCUT2D eigenvalue weighted by atomic mass is 10.0. The van der Waals surface area contributed by atoms with Crippen molar-refractivity contribution >= 4 is 51.3 Å². The van der Waals surface area contributed by atoms with Crippen LogP contribution in [-0.2, 0) is 0 Å². The smallest absolute Gasteiger partial charge is 0.523 e. The molecule has 0 unspecified atom stereocenters. The highest BCUT2D eigenvalue weighted by Gasteiger charge is 2.11. The molecule has 0 aliphatic rings. The SMILES string of the molecule is O[B]Oc1ccc2cc3c(ccc4c5ccccc5oc34)cc2n1. The first-order chi connectivity index (χ1) is 11.8. The van der Waals surface area contributed by atoms with Gasteiger partial charge in [-0.2, -0.15) is 0 Å². The van der Waals surface area contributed by atoms with Gasteiger partial charge in [-0.15, -0.1) is 0 Å². The molecule has 0 spiro atoms. The average Bonchev–Trinajstić information content (AvgIpc) is 2.99. The van der Waals surface area contributed by atoms with E-state index >= 15 is 0 Å². The van der Waals surface area contributed by atoms with Crippen molar-refractivity contribution in [3.63, 3.8) is 0 Å². The molecule has 0 aliphatic carbocycles. The van der Waals surface area contributed by atoms with Crippen molar-refractivity contribution in [2.45, 2.75) is 0 Å². The number of nitrogens with zero attached hydrogens (tertiary/aromatic N) is 1. The van der Waals surface area contributed by atoms with Gasteiger partial charge in [0.05, 0.1) is 5.52 Å². The van der Waals surface area contributed by atoms with Crippen LogP contribution in [0.1, 0.15) is 0 Å². The topological polar surface area (TPSA) is 55.5 Å². The zero-order valence-corrected chi connectivity index (χ0v) is 12.6. The summed E-state index contributed by atoms with van der Waals surface area (Å²) in [5.74, 6) is 0.356. The molecule has 2 heterocycles. The molecule has 0 amide bonds. The largest absolute Gasteiger partial charge is 0.570 e. The first-order valence-electron chi connectivity index (χ1n) is 7.61. The summed E-state index contributed by atoms with van der Waals surface area (Å²) >= 11 is 0. The minimum Gasteiger partial charge on any atom is -0.523 e. The molecular weight excluding hydrogens is 301 g/mol. The summed E-state index contributed by atoms with van der Waals surface area (Å²) in [5, 5.41) is 14.1. The fraction of sp³-hybridized carbons (Fsp3) is 0. The second-order valence-corrected chi connectivity index (χ2v) is 5.68. The second-order valence-electron chi connectivity index (χ2n) is 5.68. The van der Waals surface area contributed by atoms with Crippen LogP contribution in [0.25, 0.3) is 43.6 Å². The second kappa shape index (κ2) is 4.98. The molecule has 0 fully saturated rings. The van der Waals surface area contributed by atoms with Gasteiger partial charge >= 0.3 is 7.69 Å². The van der Waals surface area contributed by atoms with Crippen molar-refractivity contribution < 1.29 is 14.1 Å². The van der Waals surface area contributed by atoms with E-state index < -0.39 is 0 Å². The molecule has 0 atom stereocenters. The summed E-state index contributed by atoms with van der Waals surface area (Å²) < 4.78 is 11.0. The van der Waals surface area contributed by atoms with Gasteiger partial charge in [0.15, 0.2) is 5.88 Å². The predicted molar refractivity (Wildman–Crippen MR) is 95.1 cm³/mol. The van der Waals surface area contributed by atoms with E-state index in [4.69, 9.17) is 14.1 Å². The predicted octanol–water partition coefficient (Wildman–Crippen LogP) is 4.19. The maximum atomic E-state index is 8.75. The lowest BCUT2D eigenvalue weighted by Crippen LogP contribution is -2.01. The van der Waals surface area contributed by atoms with Crippen LogP contribution in [0.2, 0.25) is 0 Å². The number of rotatable bonds is 2. The van der Waals surface area contributed by atoms with Gasteiger partial charge in [-0.3, -0.25) is 0 Å². The van der Waals surface area contributed by atoms with E-state index in [9.17, 15) is 0 Å². The first-order valence-corrected chi connectivity index (χ1v) is 7.61. The highest BCUT2D eigenvalue weighted by molar-refractivity contribution is 6.18. The van der Waals surface area contributed by atoms with Crippen LogP contribution in [0.4, 0.5) is 0 Å². The molecule has 0 saturated heterocycles. The molecule has 5 heteroatoms. The van der Waals surface area contributed by atoms with Gasteiger partial charge in [0.1, 0.15) is 11.2 Å². The Morgan fingerprint density at radius 2 is 1.75 bits per heavy atom. The summed E-state index contributed by atoms with van der Waals surface area (Å²) in [6, 6.07) is 19.9. The molecule has 4 nitrogen and oxygen atoms in total. The van der Waals surface area contributed by atoms with Crippen molar-refractivity contribution in [2.24, 2.45) is 0 Å². The Labute approximate surface area is 137 Å². The molecule has 5 rings (SSSR count). The number of pyridine rings is 1. The molecule has 0 saturated carbocycles. The molecule has 2 aromatic heterocycles. The zero-order chi connectivity index (χ0) is 16.1. The Morgan fingerprint density at radius 3 is 2.67 bits per heavy atom. The van der Waals surface area contributed by atoms with Crippen LogP contribution in [0.15, 0.2) is 65.1 Å². The number of hydrogen-bond acceptors (Lipinski definition) is 4. The van der Waals surface area contributed by atoms with Crippen molar-refractivity contribution in [2.75, 3.05) is 0 Å². The monoisotopic (exact) mass is 312 g/mol. The van der Waals surface area contributed by atoms with E-state index in [1.54, 1.807) is 6.07 Å². The highest BCUT2D eigenvalue weighted by atomic mass is 16.5. The minimum atomic E-state index is 0.356. The third-order valence-corrected chi connectivity index (χ3v) is 4.32. The maximum absolute atomic E-state index is 8.75. The molecule has 113 valence electrons. The van der Waals surface area contributed by atoms with Crippen LogP contribution in [0, 0.1) is 0 Å². The molecule has 24 heavy (non-hydrogen) atoms. The van der Waals surface area contributed by atoms with Crippen molar-refractivity contribution in [3.8, 4) is 5.88 Å². The molecular formula is C19H11BNO3. The third kappa shape index (κ3) is 1.88. The van der Waals surface area contributed by atoms with Gasteiger partial charge in [0.25, 0.3) is 0 Å². The van der Waals surface area contributed by atoms with Gasteiger partial charge < -0.3 is 14.1 Å². The van der Waals surface area contributed by atoms with Crippen molar-refractivity contribution in [1.29, 1.82) is 0 Å². The molecule has 5 aromatic rings. The van der Waals surface area contributed by atoms with Crippen molar-refractivity contribution in [1.82, 2.24) is 4.98 Å². The number of fused-ring (bicyclic) bond motifs is 6. The Bertz CT molecular complexity index is 1230. The van der Waals surface area contributed by atoms with Gasteiger partial charge in [-0.25, -0.2) is 4.98 Å². The standard InChI is InChI=1S/C19H11BNO3/c22-20-24-18-8-6-12-9-15-11(10-16(12)21-18)5-7-14-13-3-1-2-4-17(13)23-19(14)15/h1-10,22H. The fourth-order valence-electron chi connectivity index (χ4n) is 3.23. The van der Waals surface area contributed by atoms with E-state index in [0.29, 0.717) is 13.6 Å². The molecule has 3 aromatic carbocycles. The van der Waals surface area contributed by atoms with Crippen LogP contribution in [0.3, 0.4) is 0 Å². The zero-order valence-electron chi connectivity index (χ0n) is 12.6. The van der Waals surface area contributed by atoms with Crippen LogP contribution in [0.5, 0.6) is 5.88 Å². The van der Waals surface area contributed by atoms with Gasteiger partial charge in [0.2, 0.25) is 0 Å². The van der Waals surface area contributed by atoms with Gasteiger partial charge in [-0.1, -0.05) is 24.3 Å². The number of para-hydroxylation sites is 1. The highest BCUT2D eigenvalue weighted by Crippen LogP contribution is 2.35. The Kier molecular flexibility index (Phi) is 2.78. The lowest BCUT2D eigenvalue weighted by molar-refractivity contribution is 0.444. The van der Waals surface area contributed by atoms with Crippen molar-refractivity contribution in [3.05, 3.63) is 60.7 Å². The fourth-order valence-corrected chi connectivity index (χ4v) is 3.23. The van der Waals surface area contributed by atoms with E-state index in [2.05, 4.69) is 29.2 Å². The van der Waals surface area contributed by atoms with Crippen LogP contribution >= 0.6 is 0 Å². The number of aromatic nitrogens is 1. The summed E-state index contributed by atoms with van der Waals surface area (Å²) in [6.45, 7) is 0. The molecule has 1 N–H and O–H groups in total. The Hall–Kier alpha value is -3.05. The molecule has 1 radical (unpaired) electrons. The van der Waals surface area contributed by atoms with E-state index in [1.165, 1.54) is 0 Å². The van der Waals surface area contributed by atoms with Gasteiger partial charge in [0, 0.05) is 21.5 Å². The average molecular weight is 312 g/mol.